The zero-order valence-corrected chi connectivity index (χ0v) is 13.7. The maximum Gasteiger partial charge on any atom is 0.267 e. The summed E-state index contributed by atoms with van der Waals surface area (Å²) in [5.74, 6) is 0.705. The quantitative estimate of drug-likeness (QED) is 0.869. The Bertz CT molecular complexity index is 626. The largest absolute Gasteiger partial charge is 0.338 e. The van der Waals surface area contributed by atoms with Crippen LogP contribution in [0.1, 0.15) is 40.2 Å². The smallest absolute Gasteiger partial charge is 0.267 e. The summed E-state index contributed by atoms with van der Waals surface area (Å²) in [6.45, 7) is 3.58. The molecule has 0 saturated carbocycles. The zero-order valence-electron chi connectivity index (χ0n) is 12.9. The van der Waals surface area contributed by atoms with Crippen LogP contribution in [-0.2, 0) is 6.42 Å². The van der Waals surface area contributed by atoms with Gasteiger partial charge in [-0.15, -0.1) is 5.10 Å². The van der Waals surface area contributed by atoms with Gasteiger partial charge in [-0.2, -0.15) is 0 Å². The zero-order chi connectivity index (χ0) is 15.4. The molecule has 0 radical (unpaired) electrons. The molecule has 1 atom stereocenters. The van der Waals surface area contributed by atoms with Crippen LogP contribution in [0.2, 0.25) is 0 Å². The van der Waals surface area contributed by atoms with E-state index in [2.05, 4.69) is 39.9 Å². The average molecular weight is 315 g/mol. The molecule has 22 heavy (non-hydrogen) atoms. The van der Waals surface area contributed by atoms with E-state index in [1.807, 2.05) is 11.8 Å². The first-order valence-electron chi connectivity index (χ1n) is 7.86. The third-order valence-corrected chi connectivity index (χ3v) is 5.15. The highest BCUT2D eigenvalue weighted by Crippen LogP contribution is 2.24. The highest BCUT2D eigenvalue weighted by molar-refractivity contribution is 7.07. The molecule has 1 aliphatic heterocycles. The maximum absolute atomic E-state index is 12.6. The number of hydrogen-bond donors (Lipinski definition) is 0. The van der Waals surface area contributed by atoms with Gasteiger partial charge in [0.1, 0.15) is 4.88 Å². The Balaban J connectivity index is 1.57. The first-order chi connectivity index (χ1) is 10.7. The second-order valence-corrected chi connectivity index (χ2v) is 6.73. The Hall–Kier alpha value is -1.75. The van der Waals surface area contributed by atoms with Crippen molar-refractivity contribution in [2.75, 3.05) is 13.1 Å². The summed E-state index contributed by atoms with van der Waals surface area (Å²) in [5.41, 5.74) is 2.13. The molecule has 1 aromatic heterocycles. The lowest BCUT2D eigenvalue weighted by molar-refractivity contribution is 0.0672. The third-order valence-electron chi connectivity index (χ3n) is 4.34. The van der Waals surface area contributed by atoms with Crippen LogP contribution < -0.4 is 0 Å². The van der Waals surface area contributed by atoms with Gasteiger partial charge in [-0.1, -0.05) is 34.8 Å². The normalized spacial score (nSPS) is 18.4. The minimum atomic E-state index is 0.108. The van der Waals surface area contributed by atoms with Crippen molar-refractivity contribution in [1.82, 2.24) is 14.5 Å². The summed E-state index contributed by atoms with van der Waals surface area (Å²) in [5, 5.41) is 3.95. The maximum atomic E-state index is 12.6. The van der Waals surface area contributed by atoms with Crippen molar-refractivity contribution in [2.45, 2.75) is 32.6 Å². The monoisotopic (exact) mass is 315 g/mol. The molecule has 5 heteroatoms. The van der Waals surface area contributed by atoms with Crippen LogP contribution in [-0.4, -0.2) is 33.5 Å². The lowest BCUT2D eigenvalue weighted by atomic mass is 9.91. The second-order valence-electron chi connectivity index (χ2n) is 5.97. The van der Waals surface area contributed by atoms with E-state index in [0.29, 0.717) is 10.8 Å². The van der Waals surface area contributed by atoms with Crippen LogP contribution in [0, 0.1) is 12.8 Å². The summed E-state index contributed by atoms with van der Waals surface area (Å²) in [4.78, 5) is 15.2. The summed E-state index contributed by atoms with van der Waals surface area (Å²) in [7, 11) is 0. The number of carbonyl (C=O) groups excluding carboxylic acids is 1. The van der Waals surface area contributed by atoms with Crippen molar-refractivity contribution in [1.29, 1.82) is 0 Å². The highest BCUT2D eigenvalue weighted by atomic mass is 32.1. The molecular weight excluding hydrogens is 294 g/mol. The Kier molecular flexibility index (Phi) is 4.83. The van der Waals surface area contributed by atoms with Gasteiger partial charge in [0.05, 0.1) is 5.69 Å². The number of nitrogens with zero attached hydrogens (tertiary/aromatic N) is 3. The van der Waals surface area contributed by atoms with Crippen LogP contribution >= 0.6 is 11.5 Å². The molecular formula is C17H21N3OS. The van der Waals surface area contributed by atoms with Crippen molar-refractivity contribution in [3.05, 3.63) is 46.5 Å². The Morgan fingerprint density at radius 2 is 2.18 bits per heavy atom. The summed E-state index contributed by atoms with van der Waals surface area (Å²) < 4.78 is 3.88. The van der Waals surface area contributed by atoms with E-state index in [1.165, 1.54) is 23.5 Å². The van der Waals surface area contributed by atoms with E-state index in [1.54, 1.807) is 0 Å². The number of rotatable bonds is 4. The van der Waals surface area contributed by atoms with E-state index in [0.717, 1.165) is 38.0 Å². The summed E-state index contributed by atoms with van der Waals surface area (Å²) >= 11 is 1.21. The van der Waals surface area contributed by atoms with Crippen molar-refractivity contribution in [2.24, 2.45) is 5.92 Å². The fourth-order valence-corrected chi connectivity index (χ4v) is 3.70. The highest BCUT2D eigenvalue weighted by Gasteiger charge is 2.26. The van der Waals surface area contributed by atoms with Crippen LogP contribution in [0.15, 0.2) is 30.3 Å². The van der Waals surface area contributed by atoms with Crippen LogP contribution in [0.5, 0.6) is 0 Å². The molecule has 2 aromatic rings. The Labute approximate surface area is 135 Å². The SMILES string of the molecule is Cc1nnsc1C(=O)N1CCCC(CCc2ccccc2)C1. The van der Waals surface area contributed by atoms with Crippen molar-refractivity contribution in [3.63, 3.8) is 0 Å². The number of aryl methyl sites for hydroxylation is 2. The van der Waals surface area contributed by atoms with Crippen molar-refractivity contribution in [3.8, 4) is 0 Å². The molecule has 116 valence electrons. The van der Waals surface area contributed by atoms with E-state index in [9.17, 15) is 4.79 Å². The van der Waals surface area contributed by atoms with Gasteiger partial charge < -0.3 is 4.90 Å². The minimum absolute atomic E-state index is 0.108. The molecule has 3 rings (SSSR count). The number of piperidine rings is 1. The molecule has 0 bridgehead atoms. The van der Waals surface area contributed by atoms with Gasteiger partial charge in [0.15, 0.2) is 0 Å². The van der Waals surface area contributed by atoms with Gasteiger partial charge in [-0.3, -0.25) is 4.79 Å². The van der Waals surface area contributed by atoms with Gasteiger partial charge in [0.25, 0.3) is 5.91 Å². The molecule has 0 N–H and O–H groups in total. The Morgan fingerprint density at radius 1 is 1.36 bits per heavy atom. The lowest BCUT2D eigenvalue weighted by Crippen LogP contribution is -2.40. The number of aromatic nitrogens is 2. The first kappa shape index (κ1) is 15.2. The van der Waals surface area contributed by atoms with E-state index >= 15 is 0 Å². The van der Waals surface area contributed by atoms with Gasteiger partial charge in [0, 0.05) is 13.1 Å². The molecule has 1 amide bonds. The van der Waals surface area contributed by atoms with E-state index in [4.69, 9.17) is 0 Å². The molecule has 1 unspecified atom stereocenters. The summed E-state index contributed by atoms with van der Waals surface area (Å²) in [6.07, 6.45) is 4.55. The van der Waals surface area contributed by atoms with Crippen LogP contribution in [0.4, 0.5) is 0 Å². The Morgan fingerprint density at radius 3 is 2.91 bits per heavy atom. The van der Waals surface area contributed by atoms with Crippen LogP contribution in [0.3, 0.4) is 0 Å². The molecule has 0 spiro atoms. The second kappa shape index (κ2) is 7.01. The number of carbonyl (C=O) groups is 1. The van der Waals surface area contributed by atoms with Gasteiger partial charge in [0.2, 0.25) is 0 Å². The molecule has 1 saturated heterocycles. The predicted molar refractivity (Wildman–Crippen MR) is 88.0 cm³/mol. The number of amides is 1. The average Bonchev–Trinajstić information content (AvgIpc) is 2.99. The topological polar surface area (TPSA) is 46.1 Å². The molecule has 1 aromatic carbocycles. The first-order valence-corrected chi connectivity index (χ1v) is 8.63. The number of benzene rings is 1. The molecule has 1 aliphatic rings. The van der Waals surface area contributed by atoms with E-state index < -0.39 is 0 Å². The van der Waals surface area contributed by atoms with Crippen molar-refractivity contribution < 1.29 is 4.79 Å². The predicted octanol–water partition coefficient (Wildman–Crippen LogP) is 3.33. The van der Waals surface area contributed by atoms with E-state index in [-0.39, 0.29) is 5.91 Å². The van der Waals surface area contributed by atoms with Crippen molar-refractivity contribution >= 4 is 17.4 Å². The molecule has 2 heterocycles. The molecule has 1 fully saturated rings. The minimum Gasteiger partial charge on any atom is -0.338 e. The van der Waals surface area contributed by atoms with Gasteiger partial charge in [-0.25, -0.2) is 0 Å². The third kappa shape index (κ3) is 3.53. The summed E-state index contributed by atoms with van der Waals surface area (Å²) in [6, 6.07) is 10.6. The van der Waals surface area contributed by atoms with Gasteiger partial charge in [-0.05, 0) is 55.6 Å². The molecule has 0 aliphatic carbocycles. The number of likely N-dealkylation sites (tertiary alicyclic amines) is 1. The number of hydrogen-bond acceptors (Lipinski definition) is 4. The fraction of sp³-hybridized carbons (Fsp3) is 0.471. The van der Waals surface area contributed by atoms with Crippen LogP contribution in [0.25, 0.3) is 0 Å². The standard InChI is InChI=1S/C17H21N3OS/c1-13-16(22-19-18-13)17(21)20-11-5-8-15(12-20)10-9-14-6-3-2-4-7-14/h2-4,6-7,15H,5,8-12H2,1H3. The lowest BCUT2D eigenvalue weighted by Gasteiger charge is -2.32. The fourth-order valence-electron chi connectivity index (χ4n) is 3.07. The molecule has 4 nitrogen and oxygen atoms in total. The van der Waals surface area contributed by atoms with Gasteiger partial charge >= 0.3 is 0 Å².